The molecule has 1 N–H and O–H groups in total. The molecule has 2 rings (SSSR count). The second-order valence-electron chi connectivity index (χ2n) is 4.95. The van der Waals surface area contributed by atoms with Gasteiger partial charge in [0.1, 0.15) is 18.9 Å². The van der Waals surface area contributed by atoms with Crippen LogP contribution in [-0.4, -0.2) is 26.2 Å². The van der Waals surface area contributed by atoms with Crippen molar-refractivity contribution in [2.45, 2.75) is 26.7 Å². The second-order valence-corrected chi connectivity index (χ2v) is 5.36. The van der Waals surface area contributed by atoms with E-state index in [0.29, 0.717) is 0 Å². The van der Waals surface area contributed by atoms with Crippen molar-refractivity contribution in [1.82, 2.24) is 0 Å². The van der Waals surface area contributed by atoms with Crippen LogP contribution in [0.25, 0.3) is 0 Å². The molecule has 0 aliphatic carbocycles. The predicted octanol–water partition coefficient (Wildman–Crippen LogP) is 2.01. The standard InChI is InChI=1S/C14H20ClNO/c1-11-9-12(2)14(13(15)10-11)17-8-7-16-5-3-4-6-16/h9-10H,3-8H2,1-2H3/p+1. The van der Waals surface area contributed by atoms with Gasteiger partial charge in [-0.3, -0.25) is 0 Å². The van der Waals surface area contributed by atoms with Gasteiger partial charge < -0.3 is 9.64 Å². The number of hydrogen-bond acceptors (Lipinski definition) is 1. The molecule has 0 unspecified atom stereocenters. The first-order chi connectivity index (χ1) is 8.16. The Bertz CT molecular complexity index is 363. The summed E-state index contributed by atoms with van der Waals surface area (Å²) >= 11 is 6.20. The molecule has 1 aromatic carbocycles. The fourth-order valence-corrected chi connectivity index (χ4v) is 2.88. The third kappa shape index (κ3) is 3.36. The molecular weight excluding hydrogens is 234 g/mol. The summed E-state index contributed by atoms with van der Waals surface area (Å²) in [6, 6.07) is 4.08. The highest BCUT2D eigenvalue weighted by molar-refractivity contribution is 6.32. The van der Waals surface area contributed by atoms with E-state index in [0.717, 1.165) is 29.5 Å². The first kappa shape index (κ1) is 12.7. The van der Waals surface area contributed by atoms with Crippen molar-refractivity contribution in [3.63, 3.8) is 0 Å². The fraction of sp³-hybridized carbons (Fsp3) is 0.571. The Kier molecular flexibility index (Phi) is 4.30. The first-order valence-corrected chi connectivity index (χ1v) is 6.78. The molecule has 0 saturated carbocycles. The summed E-state index contributed by atoms with van der Waals surface area (Å²) in [5, 5.41) is 0.735. The summed E-state index contributed by atoms with van der Waals surface area (Å²) in [4.78, 5) is 1.66. The molecule has 1 aromatic rings. The number of benzene rings is 1. The zero-order chi connectivity index (χ0) is 12.3. The summed E-state index contributed by atoms with van der Waals surface area (Å²) in [6.45, 7) is 8.55. The monoisotopic (exact) mass is 254 g/mol. The number of nitrogens with one attached hydrogen (secondary N) is 1. The van der Waals surface area contributed by atoms with Crippen LogP contribution in [-0.2, 0) is 0 Å². The van der Waals surface area contributed by atoms with Crippen LogP contribution < -0.4 is 9.64 Å². The van der Waals surface area contributed by atoms with E-state index in [2.05, 4.69) is 19.9 Å². The quantitative estimate of drug-likeness (QED) is 0.868. The third-order valence-electron chi connectivity index (χ3n) is 3.39. The van der Waals surface area contributed by atoms with Crippen LogP contribution in [0.3, 0.4) is 0 Å². The lowest BCUT2D eigenvalue weighted by molar-refractivity contribution is -0.887. The van der Waals surface area contributed by atoms with Gasteiger partial charge in [-0.2, -0.15) is 0 Å². The average Bonchev–Trinajstić information content (AvgIpc) is 2.74. The van der Waals surface area contributed by atoms with Crippen LogP contribution in [0.1, 0.15) is 24.0 Å². The van der Waals surface area contributed by atoms with E-state index in [4.69, 9.17) is 16.3 Å². The van der Waals surface area contributed by atoms with E-state index in [9.17, 15) is 0 Å². The normalized spacial score (nSPS) is 16.4. The summed E-state index contributed by atoms with van der Waals surface area (Å²) in [5.41, 5.74) is 2.32. The highest BCUT2D eigenvalue weighted by Crippen LogP contribution is 2.29. The first-order valence-electron chi connectivity index (χ1n) is 6.40. The molecule has 0 bridgehead atoms. The maximum Gasteiger partial charge on any atom is 0.141 e. The highest BCUT2D eigenvalue weighted by atomic mass is 35.5. The number of quaternary nitrogens is 1. The highest BCUT2D eigenvalue weighted by Gasteiger charge is 2.15. The van der Waals surface area contributed by atoms with Gasteiger partial charge in [0, 0.05) is 12.8 Å². The van der Waals surface area contributed by atoms with Crippen LogP contribution in [0, 0.1) is 13.8 Å². The average molecular weight is 255 g/mol. The Balaban J connectivity index is 1.89. The Labute approximate surface area is 109 Å². The smallest absolute Gasteiger partial charge is 0.141 e. The van der Waals surface area contributed by atoms with E-state index in [-0.39, 0.29) is 0 Å². The van der Waals surface area contributed by atoms with Gasteiger partial charge in [-0.05, 0) is 31.0 Å². The summed E-state index contributed by atoms with van der Waals surface area (Å²) < 4.78 is 5.83. The fourth-order valence-electron chi connectivity index (χ4n) is 2.51. The Hall–Kier alpha value is -0.730. The number of halogens is 1. The lowest BCUT2D eigenvalue weighted by Crippen LogP contribution is -3.10. The van der Waals surface area contributed by atoms with Gasteiger partial charge in [0.25, 0.3) is 0 Å². The van der Waals surface area contributed by atoms with Gasteiger partial charge >= 0.3 is 0 Å². The van der Waals surface area contributed by atoms with E-state index in [1.807, 2.05) is 6.07 Å². The molecule has 0 amide bonds. The van der Waals surface area contributed by atoms with E-state index >= 15 is 0 Å². The van der Waals surface area contributed by atoms with Crippen LogP contribution in [0.2, 0.25) is 5.02 Å². The summed E-state index contributed by atoms with van der Waals surface area (Å²) in [5.74, 6) is 0.857. The molecule has 0 aromatic heterocycles. The number of aryl methyl sites for hydroxylation is 2. The van der Waals surface area contributed by atoms with Gasteiger partial charge in [-0.1, -0.05) is 17.7 Å². The maximum atomic E-state index is 6.20. The number of hydrogen-bond donors (Lipinski definition) is 1. The minimum absolute atomic E-state index is 0.735. The van der Waals surface area contributed by atoms with E-state index in [1.54, 1.807) is 4.90 Å². The lowest BCUT2D eigenvalue weighted by Gasteiger charge is -2.15. The molecule has 1 aliphatic heterocycles. The lowest BCUT2D eigenvalue weighted by atomic mass is 10.1. The largest absolute Gasteiger partial charge is 0.486 e. The third-order valence-corrected chi connectivity index (χ3v) is 3.67. The van der Waals surface area contributed by atoms with Crippen molar-refractivity contribution in [2.75, 3.05) is 26.2 Å². The van der Waals surface area contributed by atoms with E-state index < -0.39 is 0 Å². The van der Waals surface area contributed by atoms with E-state index in [1.165, 1.54) is 31.5 Å². The van der Waals surface area contributed by atoms with Crippen molar-refractivity contribution in [3.05, 3.63) is 28.3 Å². The van der Waals surface area contributed by atoms with Crippen molar-refractivity contribution in [2.24, 2.45) is 0 Å². The summed E-state index contributed by atoms with van der Waals surface area (Å²) in [7, 11) is 0. The molecule has 17 heavy (non-hydrogen) atoms. The van der Waals surface area contributed by atoms with Crippen LogP contribution in [0.4, 0.5) is 0 Å². The Morgan fingerprint density at radius 1 is 1.24 bits per heavy atom. The van der Waals surface area contributed by atoms with Gasteiger partial charge in [-0.25, -0.2) is 0 Å². The zero-order valence-corrected chi connectivity index (χ0v) is 11.4. The van der Waals surface area contributed by atoms with Gasteiger partial charge in [0.05, 0.1) is 18.1 Å². The Morgan fingerprint density at radius 2 is 1.94 bits per heavy atom. The number of likely N-dealkylation sites (tertiary alicyclic amines) is 1. The molecule has 1 heterocycles. The van der Waals surface area contributed by atoms with Crippen LogP contribution in [0.5, 0.6) is 5.75 Å². The van der Waals surface area contributed by atoms with Crippen LogP contribution in [0.15, 0.2) is 12.1 Å². The van der Waals surface area contributed by atoms with Crippen molar-refractivity contribution >= 4 is 11.6 Å². The number of ether oxygens (including phenoxy) is 1. The SMILES string of the molecule is Cc1cc(C)c(OCC[NH+]2CCCC2)c(Cl)c1. The maximum absolute atomic E-state index is 6.20. The van der Waals surface area contributed by atoms with Gasteiger partial charge in [0.2, 0.25) is 0 Å². The minimum atomic E-state index is 0.735. The molecule has 1 aliphatic rings. The molecule has 0 atom stereocenters. The molecule has 3 heteroatoms. The predicted molar refractivity (Wildman–Crippen MR) is 71.2 cm³/mol. The molecule has 94 valence electrons. The van der Waals surface area contributed by atoms with Gasteiger partial charge in [-0.15, -0.1) is 0 Å². The molecule has 1 fully saturated rings. The molecule has 1 saturated heterocycles. The Morgan fingerprint density at radius 3 is 2.59 bits per heavy atom. The molecular formula is C14H21ClNO+. The second kappa shape index (κ2) is 5.74. The van der Waals surface area contributed by atoms with Crippen molar-refractivity contribution < 1.29 is 9.64 Å². The molecule has 0 radical (unpaired) electrons. The van der Waals surface area contributed by atoms with Crippen molar-refractivity contribution in [1.29, 1.82) is 0 Å². The number of rotatable bonds is 4. The van der Waals surface area contributed by atoms with Gasteiger partial charge in [0.15, 0.2) is 0 Å². The molecule has 2 nitrogen and oxygen atoms in total. The molecule has 0 spiro atoms. The topological polar surface area (TPSA) is 13.7 Å². The van der Waals surface area contributed by atoms with Crippen LogP contribution >= 0.6 is 11.6 Å². The minimum Gasteiger partial charge on any atom is -0.486 e. The zero-order valence-electron chi connectivity index (χ0n) is 10.7. The van der Waals surface area contributed by atoms with Crippen molar-refractivity contribution in [3.8, 4) is 5.75 Å². The summed E-state index contributed by atoms with van der Waals surface area (Å²) in [6.07, 6.45) is 2.72.